The third-order valence-electron chi connectivity index (χ3n) is 3.23. The van der Waals surface area contributed by atoms with Crippen molar-refractivity contribution in [1.82, 2.24) is 5.32 Å². The second-order valence-electron chi connectivity index (χ2n) is 5.05. The summed E-state index contributed by atoms with van der Waals surface area (Å²) in [6, 6.07) is 11.2. The number of benzene rings is 2. The summed E-state index contributed by atoms with van der Waals surface area (Å²) in [4.78, 5) is 23.6. The smallest absolute Gasteiger partial charge is 0.243 e. The molecule has 0 aromatic heterocycles. The van der Waals surface area contributed by atoms with Crippen LogP contribution >= 0.6 is 11.6 Å². The van der Waals surface area contributed by atoms with E-state index in [2.05, 4.69) is 10.6 Å². The zero-order valence-electron chi connectivity index (χ0n) is 12.5. The van der Waals surface area contributed by atoms with Crippen molar-refractivity contribution in [2.75, 3.05) is 11.9 Å². The number of aryl methyl sites for hydroxylation is 1. The van der Waals surface area contributed by atoms with Gasteiger partial charge in [0.15, 0.2) is 0 Å². The largest absolute Gasteiger partial charge is 0.347 e. The van der Waals surface area contributed by atoms with E-state index in [0.29, 0.717) is 10.7 Å². The molecule has 0 aliphatic heterocycles. The molecule has 2 N–H and O–H groups in total. The molecular weight excluding hydrogens is 319 g/mol. The van der Waals surface area contributed by atoms with E-state index in [1.54, 1.807) is 30.3 Å². The number of halogens is 2. The molecular formula is C17H16ClFN2O2. The van der Waals surface area contributed by atoms with Gasteiger partial charge in [0.25, 0.3) is 0 Å². The maximum Gasteiger partial charge on any atom is 0.243 e. The lowest BCUT2D eigenvalue weighted by molar-refractivity contribution is -0.123. The molecule has 0 aliphatic rings. The first kappa shape index (κ1) is 17.0. The van der Waals surface area contributed by atoms with Crippen LogP contribution in [0.4, 0.5) is 10.1 Å². The molecule has 2 aromatic rings. The van der Waals surface area contributed by atoms with Crippen LogP contribution in [0.1, 0.15) is 11.1 Å². The average molecular weight is 335 g/mol. The van der Waals surface area contributed by atoms with Gasteiger partial charge in [-0.25, -0.2) is 4.39 Å². The van der Waals surface area contributed by atoms with Gasteiger partial charge < -0.3 is 10.6 Å². The van der Waals surface area contributed by atoms with Crippen LogP contribution < -0.4 is 10.6 Å². The van der Waals surface area contributed by atoms with Crippen molar-refractivity contribution in [3.8, 4) is 0 Å². The Morgan fingerprint density at radius 1 is 1.13 bits per heavy atom. The quantitative estimate of drug-likeness (QED) is 0.882. The molecule has 0 atom stereocenters. The number of anilines is 1. The second kappa shape index (κ2) is 7.74. The molecule has 0 saturated heterocycles. The summed E-state index contributed by atoms with van der Waals surface area (Å²) in [5.41, 5.74) is 1.74. The van der Waals surface area contributed by atoms with Crippen molar-refractivity contribution in [2.24, 2.45) is 0 Å². The van der Waals surface area contributed by atoms with Crippen LogP contribution in [0, 0.1) is 12.7 Å². The van der Waals surface area contributed by atoms with Gasteiger partial charge in [-0.3, -0.25) is 9.59 Å². The summed E-state index contributed by atoms with van der Waals surface area (Å²) in [6.45, 7) is 1.64. The van der Waals surface area contributed by atoms with Gasteiger partial charge in [-0.2, -0.15) is 0 Å². The first-order valence-corrected chi connectivity index (χ1v) is 7.39. The fourth-order valence-electron chi connectivity index (χ4n) is 1.98. The van der Waals surface area contributed by atoms with Gasteiger partial charge in [0.05, 0.1) is 13.0 Å². The Kier molecular flexibility index (Phi) is 5.71. The number of rotatable bonds is 5. The van der Waals surface area contributed by atoms with Crippen LogP contribution in [0.5, 0.6) is 0 Å². The summed E-state index contributed by atoms with van der Waals surface area (Å²) >= 11 is 5.88. The molecule has 0 heterocycles. The Hall–Kier alpha value is -2.40. The van der Waals surface area contributed by atoms with E-state index >= 15 is 0 Å². The number of amides is 2. The van der Waals surface area contributed by atoms with Crippen molar-refractivity contribution < 1.29 is 14.0 Å². The second-order valence-corrected chi connectivity index (χ2v) is 5.49. The highest BCUT2D eigenvalue weighted by Gasteiger charge is 2.10. The van der Waals surface area contributed by atoms with E-state index in [1.807, 2.05) is 6.92 Å². The minimum Gasteiger partial charge on any atom is -0.347 e. The van der Waals surface area contributed by atoms with Crippen molar-refractivity contribution in [1.29, 1.82) is 0 Å². The van der Waals surface area contributed by atoms with Gasteiger partial charge in [0.2, 0.25) is 11.8 Å². The van der Waals surface area contributed by atoms with Gasteiger partial charge in [0.1, 0.15) is 5.82 Å². The standard InChI is InChI=1S/C17H16ClFN2O2/c1-11-6-7-13(18)9-15(11)21-17(23)10-20-16(22)8-12-4-2-3-5-14(12)19/h2-7,9H,8,10H2,1H3,(H,20,22)(H,21,23). The fourth-order valence-corrected chi connectivity index (χ4v) is 2.15. The number of carbonyl (C=O) groups is 2. The van der Waals surface area contributed by atoms with Gasteiger partial charge in [-0.1, -0.05) is 35.9 Å². The van der Waals surface area contributed by atoms with E-state index in [4.69, 9.17) is 11.6 Å². The third-order valence-corrected chi connectivity index (χ3v) is 3.46. The minimum absolute atomic E-state index is 0.115. The molecule has 0 spiro atoms. The van der Waals surface area contributed by atoms with Crippen LogP contribution in [0.2, 0.25) is 5.02 Å². The van der Waals surface area contributed by atoms with Crippen molar-refractivity contribution >= 4 is 29.1 Å². The Morgan fingerprint density at radius 2 is 1.87 bits per heavy atom. The van der Waals surface area contributed by atoms with Crippen LogP contribution in [0.3, 0.4) is 0 Å². The normalized spacial score (nSPS) is 10.2. The van der Waals surface area contributed by atoms with Crippen LogP contribution in [-0.4, -0.2) is 18.4 Å². The Labute approximate surface area is 138 Å². The van der Waals surface area contributed by atoms with Crippen molar-refractivity contribution in [3.05, 3.63) is 64.4 Å². The van der Waals surface area contributed by atoms with E-state index in [1.165, 1.54) is 12.1 Å². The Bertz CT molecular complexity index is 734. The SMILES string of the molecule is Cc1ccc(Cl)cc1NC(=O)CNC(=O)Cc1ccccc1F. The minimum atomic E-state index is -0.443. The lowest BCUT2D eigenvalue weighted by Gasteiger charge is -2.10. The molecule has 2 rings (SSSR count). The number of hydrogen-bond donors (Lipinski definition) is 2. The molecule has 120 valence electrons. The average Bonchev–Trinajstić information content (AvgIpc) is 2.51. The molecule has 0 aliphatic carbocycles. The molecule has 0 radical (unpaired) electrons. The first-order valence-electron chi connectivity index (χ1n) is 7.02. The maximum atomic E-state index is 13.4. The molecule has 2 aromatic carbocycles. The number of hydrogen-bond acceptors (Lipinski definition) is 2. The highest BCUT2D eigenvalue weighted by molar-refractivity contribution is 6.31. The Morgan fingerprint density at radius 3 is 2.61 bits per heavy atom. The summed E-state index contributed by atoms with van der Waals surface area (Å²) in [7, 11) is 0. The third kappa shape index (κ3) is 5.07. The molecule has 6 heteroatoms. The Balaban J connectivity index is 1.85. The lowest BCUT2D eigenvalue weighted by Crippen LogP contribution is -2.34. The van der Waals surface area contributed by atoms with Crippen LogP contribution in [-0.2, 0) is 16.0 Å². The predicted octanol–water partition coefficient (Wildman–Crippen LogP) is 3.08. The molecule has 0 saturated carbocycles. The zero-order chi connectivity index (χ0) is 16.8. The molecule has 23 heavy (non-hydrogen) atoms. The zero-order valence-corrected chi connectivity index (χ0v) is 13.3. The first-order chi connectivity index (χ1) is 11.0. The lowest BCUT2D eigenvalue weighted by atomic mass is 10.1. The highest BCUT2D eigenvalue weighted by atomic mass is 35.5. The molecule has 0 fully saturated rings. The van der Waals surface area contributed by atoms with Crippen LogP contribution in [0.15, 0.2) is 42.5 Å². The van der Waals surface area contributed by atoms with Crippen LogP contribution in [0.25, 0.3) is 0 Å². The van der Waals surface area contributed by atoms with Gasteiger partial charge >= 0.3 is 0 Å². The summed E-state index contributed by atoms with van der Waals surface area (Å²) in [6.07, 6.45) is -0.115. The van der Waals surface area contributed by atoms with E-state index in [-0.39, 0.29) is 24.4 Å². The predicted molar refractivity (Wildman–Crippen MR) is 87.9 cm³/mol. The van der Waals surface area contributed by atoms with Gasteiger partial charge in [0, 0.05) is 10.7 Å². The van der Waals surface area contributed by atoms with E-state index in [9.17, 15) is 14.0 Å². The highest BCUT2D eigenvalue weighted by Crippen LogP contribution is 2.19. The van der Waals surface area contributed by atoms with Crippen molar-refractivity contribution in [3.63, 3.8) is 0 Å². The van der Waals surface area contributed by atoms with Crippen molar-refractivity contribution in [2.45, 2.75) is 13.3 Å². The fraction of sp³-hybridized carbons (Fsp3) is 0.176. The topological polar surface area (TPSA) is 58.2 Å². The maximum absolute atomic E-state index is 13.4. The summed E-state index contributed by atoms with van der Waals surface area (Å²) in [5, 5.41) is 5.64. The van der Waals surface area contributed by atoms with E-state index in [0.717, 1.165) is 5.56 Å². The van der Waals surface area contributed by atoms with E-state index < -0.39 is 11.7 Å². The number of carbonyl (C=O) groups excluding carboxylic acids is 2. The molecule has 0 unspecified atom stereocenters. The molecule has 0 bridgehead atoms. The summed E-state index contributed by atoms with van der Waals surface area (Å²) < 4.78 is 13.4. The van der Waals surface area contributed by atoms with Gasteiger partial charge in [-0.05, 0) is 36.2 Å². The number of nitrogens with one attached hydrogen (secondary N) is 2. The van der Waals surface area contributed by atoms with Gasteiger partial charge in [-0.15, -0.1) is 0 Å². The molecule has 2 amide bonds. The molecule has 4 nitrogen and oxygen atoms in total. The summed E-state index contributed by atoms with van der Waals surface area (Å²) in [5.74, 6) is -1.24. The monoisotopic (exact) mass is 334 g/mol.